The molecule has 1 amide bonds. The van der Waals surface area contributed by atoms with Crippen molar-refractivity contribution in [3.8, 4) is 0 Å². The minimum Gasteiger partial charge on any atom is -0.481 e. The molecule has 1 aliphatic rings. The summed E-state index contributed by atoms with van der Waals surface area (Å²) in [7, 11) is 0. The molecular formula is C14H17NO3. The van der Waals surface area contributed by atoms with Crippen LogP contribution in [0.25, 0.3) is 0 Å². The van der Waals surface area contributed by atoms with Crippen molar-refractivity contribution in [2.45, 2.75) is 32.2 Å². The number of hydrogen-bond acceptors (Lipinski definition) is 2. The fourth-order valence-corrected chi connectivity index (χ4v) is 2.39. The second-order valence-corrected chi connectivity index (χ2v) is 4.89. The van der Waals surface area contributed by atoms with Gasteiger partial charge >= 0.3 is 5.97 Å². The summed E-state index contributed by atoms with van der Waals surface area (Å²) in [6, 6.07) is 7.37. The second kappa shape index (κ2) is 5.21. The molecule has 0 unspecified atom stereocenters. The van der Waals surface area contributed by atoms with Crippen molar-refractivity contribution in [2.24, 2.45) is 5.92 Å². The monoisotopic (exact) mass is 247 g/mol. The van der Waals surface area contributed by atoms with E-state index in [-0.39, 0.29) is 17.9 Å². The lowest BCUT2D eigenvalue weighted by Gasteiger charge is -2.12. The van der Waals surface area contributed by atoms with Gasteiger partial charge in [0.15, 0.2) is 0 Å². The smallest absolute Gasteiger partial charge is 0.306 e. The average molecular weight is 247 g/mol. The first kappa shape index (κ1) is 12.6. The van der Waals surface area contributed by atoms with Crippen molar-refractivity contribution in [3.63, 3.8) is 0 Å². The summed E-state index contributed by atoms with van der Waals surface area (Å²) in [5.74, 6) is -1.19. The third kappa shape index (κ3) is 2.88. The average Bonchev–Trinajstić information content (AvgIpc) is 2.77. The van der Waals surface area contributed by atoms with E-state index in [4.69, 9.17) is 5.11 Å². The summed E-state index contributed by atoms with van der Waals surface area (Å²) in [6.45, 7) is 1.94. The molecule has 1 saturated carbocycles. The maximum atomic E-state index is 12.0. The SMILES string of the molecule is Cc1cccc(C(=O)N[C@@H]2CC[C@@H](C(=O)O)C2)c1. The van der Waals surface area contributed by atoms with Crippen LogP contribution in [0.4, 0.5) is 0 Å². The normalized spacial score (nSPS) is 22.7. The van der Waals surface area contributed by atoms with Gasteiger partial charge in [-0.1, -0.05) is 17.7 Å². The molecule has 1 aliphatic carbocycles. The van der Waals surface area contributed by atoms with Gasteiger partial charge in [-0.05, 0) is 38.3 Å². The van der Waals surface area contributed by atoms with E-state index in [0.29, 0.717) is 18.4 Å². The number of hydrogen-bond donors (Lipinski definition) is 2. The molecular weight excluding hydrogens is 230 g/mol. The molecule has 2 rings (SSSR count). The molecule has 2 atom stereocenters. The number of nitrogens with one attached hydrogen (secondary N) is 1. The van der Waals surface area contributed by atoms with Crippen molar-refractivity contribution >= 4 is 11.9 Å². The molecule has 4 heteroatoms. The molecule has 0 spiro atoms. The van der Waals surface area contributed by atoms with Gasteiger partial charge in [-0.25, -0.2) is 0 Å². The highest BCUT2D eigenvalue weighted by atomic mass is 16.4. The Balaban J connectivity index is 1.95. The van der Waals surface area contributed by atoms with Crippen molar-refractivity contribution in [1.29, 1.82) is 0 Å². The van der Waals surface area contributed by atoms with Crippen LogP contribution in [0.5, 0.6) is 0 Å². The summed E-state index contributed by atoms with van der Waals surface area (Å²) in [5.41, 5.74) is 1.67. The zero-order valence-corrected chi connectivity index (χ0v) is 10.3. The van der Waals surface area contributed by atoms with Gasteiger partial charge in [-0.15, -0.1) is 0 Å². The molecule has 0 radical (unpaired) electrons. The standard InChI is InChI=1S/C14H17NO3/c1-9-3-2-4-10(7-9)13(16)15-12-6-5-11(8-12)14(17)18/h2-4,7,11-12H,5-6,8H2,1H3,(H,15,16)(H,17,18)/t11-,12-/m1/s1. The van der Waals surface area contributed by atoms with Crippen LogP contribution in [-0.4, -0.2) is 23.0 Å². The van der Waals surface area contributed by atoms with Crippen molar-refractivity contribution in [1.82, 2.24) is 5.32 Å². The van der Waals surface area contributed by atoms with Crippen molar-refractivity contribution in [3.05, 3.63) is 35.4 Å². The molecule has 18 heavy (non-hydrogen) atoms. The predicted molar refractivity (Wildman–Crippen MR) is 67.4 cm³/mol. The quantitative estimate of drug-likeness (QED) is 0.858. The third-order valence-corrected chi connectivity index (χ3v) is 3.40. The zero-order valence-electron chi connectivity index (χ0n) is 10.3. The largest absolute Gasteiger partial charge is 0.481 e. The lowest BCUT2D eigenvalue weighted by molar-refractivity contribution is -0.141. The number of rotatable bonds is 3. The highest BCUT2D eigenvalue weighted by molar-refractivity contribution is 5.94. The maximum Gasteiger partial charge on any atom is 0.306 e. The minimum atomic E-state index is -0.762. The van der Waals surface area contributed by atoms with E-state index < -0.39 is 5.97 Å². The second-order valence-electron chi connectivity index (χ2n) is 4.89. The number of carbonyl (C=O) groups excluding carboxylic acids is 1. The van der Waals surface area contributed by atoms with Crippen LogP contribution in [-0.2, 0) is 4.79 Å². The Morgan fingerprint density at radius 1 is 1.33 bits per heavy atom. The van der Waals surface area contributed by atoms with Gasteiger partial charge in [0, 0.05) is 11.6 Å². The van der Waals surface area contributed by atoms with Crippen LogP contribution in [0.15, 0.2) is 24.3 Å². The van der Waals surface area contributed by atoms with Crippen LogP contribution < -0.4 is 5.32 Å². The number of aliphatic carboxylic acids is 1. The van der Waals surface area contributed by atoms with E-state index in [0.717, 1.165) is 12.0 Å². The van der Waals surface area contributed by atoms with Crippen molar-refractivity contribution < 1.29 is 14.7 Å². The predicted octanol–water partition coefficient (Wildman–Crippen LogP) is 1.98. The first-order valence-electron chi connectivity index (χ1n) is 6.16. The lowest BCUT2D eigenvalue weighted by Crippen LogP contribution is -2.33. The first-order chi connectivity index (χ1) is 8.56. The molecule has 0 saturated heterocycles. The summed E-state index contributed by atoms with van der Waals surface area (Å²) >= 11 is 0. The third-order valence-electron chi connectivity index (χ3n) is 3.40. The molecule has 96 valence electrons. The van der Waals surface area contributed by atoms with Gasteiger partial charge in [-0.3, -0.25) is 9.59 Å². The summed E-state index contributed by atoms with van der Waals surface area (Å²) in [5, 5.41) is 11.8. The molecule has 4 nitrogen and oxygen atoms in total. The van der Waals surface area contributed by atoms with Gasteiger partial charge < -0.3 is 10.4 Å². The topological polar surface area (TPSA) is 66.4 Å². The fourth-order valence-electron chi connectivity index (χ4n) is 2.39. The van der Waals surface area contributed by atoms with Gasteiger partial charge in [0.2, 0.25) is 0 Å². The van der Waals surface area contributed by atoms with Gasteiger partial charge in [0.05, 0.1) is 5.92 Å². The van der Waals surface area contributed by atoms with E-state index >= 15 is 0 Å². The summed E-state index contributed by atoms with van der Waals surface area (Å²) in [4.78, 5) is 22.8. The molecule has 0 aliphatic heterocycles. The van der Waals surface area contributed by atoms with E-state index in [1.165, 1.54) is 0 Å². The molecule has 1 fully saturated rings. The van der Waals surface area contributed by atoms with Gasteiger partial charge in [0.25, 0.3) is 5.91 Å². The first-order valence-corrected chi connectivity index (χ1v) is 6.16. The number of carbonyl (C=O) groups is 2. The Kier molecular flexibility index (Phi) is 3.65. The van der Waals surface area contributed by atoms with Gasteiger partial charge in [0.1, 0.15) is 0 Å². The number of aryl methyl sites for hydroxylation is 1. The van der Waals surface area contributed by atoms with Crippen LogP contribution in [0.2, 0.25) is 0 Å². The number of benzene rings is 1. The van der Waals surface area contributed by atoms with E-state index in [9.17, 15) is 9.59 Å². The Bertz CT molecular complexity index is 470. The summed E-state index contributed by atoms with van der Waals surface area (Å²) in [6.07, 6.45) is 1.93. The maximum absolute atomic E-state index is 12.0. The Hall–Kier alpha value is -1.84. The number of carboxylic acids is 1. The minimum absolute atomic E-state index is 0.0147. The number of amides is 1. The summed E-state index contributed by atoms with van der Waals surface area (Å²) < 4.78 is 0. The number of carboxylic acid groups (broad SMARTS) is 1. The lowest BCUT2D eigenvalue weighted by atomic mass is 10.1. The molecule has 1 aromatic rings. The molecule has 0 bridgehead atoms. The Labute approximate surface area is 106 Å². The van der Waals surface area contributed by atoms with Crippen LogP contribution in [0, 0.1) is 12.8 Å². The molecule has 0 aromatic heterocycles. The van der Waals surface area contributed by atoms with Crippen LogP contribution in [0.1, 0.15) is 35.2 Å². The molecule has 0 heterocycles. The molecule has 2 N–H and O–H groups in total. The van der Waals surface area contributed by atoms with E-state index in [2.05, 4.69) is 5.32 Å². The zero-order chi connectivity index (χ0) is 13.1. The fraction of sp³-hybridized carbons (Fsp3) is 0.429. The highest BCUT2D eigenvalue weighted by Crippen LogP contribution is 2.25. The Morgan fingerprint density at radius 2 is 2.11 bits per heavy atom. The van der Waals surface area contributed by atoms with E-state index in [1.54, 1.807) is 6.07 Å². The van der Waals surface area contributed by atoms with Gasteiger partial charge in [-0.2, -0.15) is 0 Å². The van der Waals surface area contributed by atoms with Crippen LogP contribution >= 0.6 is 0 Å². The Morgan fingerprint density at radius 3 is 2.72 bits per heavy atom. The van der Waals surface area contributed by atoms with Crippen molar-refractivity contribution in [2.75, 3.05) is 0 Å². The van der Waals surface area contributed by atoms with E-state index in [1.807, 2.05) is 25.1 Å². The molecule has 1 aromatic carbocycles. The van der Waals surface area contributed by atoms with Crippen LogP contribution in [0.3, 0.4) is 0 Å². The highest BCUT2D eigenvalue weighted by Gasteiger charge is 2.30.